The summed E-state index contributed by atoms with van der Waals surface area (Å²) in [6.45, 7) is 6.11. The number of ketones is 1. The van der Waals surface area contributed by atoms with E-state index in [1.54, 1.807) is 7.05 Å². The van der Waals surface area contributed by atoms with Crippen molar-refractivity contribution < 1.29 is 9.59 Å². The fourth-order valence-electron chi connectivity index (χ4n) is 1.05. The molecule has 0 saturated carbocycles. The zero-order valence-corrected chi connectivity index (χ0v) is 10.1. The summed E-state index contributed by atoms with van der Waals surface area (Å²) in [5, 5.41) is 5.63. The molecule has 0 aliphatic carbocycles. The molecule has 4 heteroatoms. The highest BCUT2D eigenvalue weighted by Gasteiger charge is 2.12. The van der Waals surface area contributed by atoms with Gasteiger partial charge in [0.2, 0.25) is 5.91 Å². The summed E-state index contributed by atoms with van der Waals surface area (Å²) in [5.74, 6) is 0.186. The Kier molecular flexibility index (Phi) is 6.96. The van der Waals surface area contributed by atoms with E-state index in [1.165, 1.54) is 0 Å². The van der Waals surface area contributed by atoms with Crippen molar-refractivity contribution in [2.24, 2.45) is 5.92 Å². The van der Waals surface area contributed by atoms with E-state index in [9.17, 15) is 9.59 Å². The number of hydrogen-bond acceptors (Lipinski definition) is 3. The predicted octanol–water partition coefficient (Wildman–Crippen LogP) is 0.716. The molecule has 2 atom stereocenters. The molecule has 0 radical (unpaired) electrons. The first-order valence-corrected chi connectivity index (χ1v) is 5.50. The zero-order valence-electron chi connectivity index (χ0n) is 10.1. The number of carbonyl (C=O) groups is 2. The van der Waals surface area contributed by atoms with Crippen molar-refractivity contribution in [2.75, 3.05) is 13.6 Å². The van der Waals surface area contributed by atoms with Gasteiger partial charge in [-0.2, -0.15) is 0 Å². The standard InChI is InChI=1S/C11H22N2O2/c1-5-8(2)11(15)13-7-6-10(14)9(3)12-4/h8-9,12H,5-7H2,1-4H3,(H,13,15). The zero-order chi connectivity index (χ0) is 11.8. The fraction of sp³-hybridized carbons (Fsp3) is 0.818. The molecule has 0 spiro atoms. The van der Waals surface area contributed by atoms with Gasteiger partial charge >= 0.3 is 0 Å². The van der Waals surface area contributed by atoms with Gasteiger partial charge in [-0.3, -0.25) is 9.59 Å². The first kappa shape index (κ1) is 14.1. The molecular formula is C11H22N2O2. The number of rotatable bonds is 7. The normalized spacial score (nSPS) is 14.4. The Morgan fingerprint density at radius 2 is 1.87 bits per heavy atom. The minimum Gasteiger partial charge on any atom is -0.355 e. The molecule has 0 aromatic rings. The van der Waals surface area contributed by atoms with Crippen LogP contribution in [0.3, 0.4) is 0 Å². The summed E-state index contributed by atoms with van der Waals surface area (Å²) >= 11 is 0. The largest absolute Gasteiger partial charge is 0.355 e. The molecule has 0 fully saturated rings. The molecule has 2 N–H and O–H groups in total. The quantitative estimate of drug-likeness (QED) is 0.656. The van der Waals surface area contributed by atoms with Crippen molar-refractivity contribution in [3.05, 3.63) is 0 Å². The molecule has 1 amide bonds. The summed E-state index contributed by atoms with van der Waals surface area (Å²) in [5.41, 5.74) is 0. The Morgan fingerprint density at radius 3 is 2.33 bits per heavy atom. The van der Waals surface area contributed by atoms with Crippen molar-refractivity contribution in [1.82, 2.24) is 10.6 Å². The molecule has 0 aromatic heterocycles. The molecule has 0 aliphatic heterocycles. The number of likely N-dealkylation sites (N-methyl/N-ethyl adjacent to an activating group) is 1. The van der Waals surface area contributed by atoms with Crippen molar-refractivity contribution in [3.63, 3.8) is 0 Å². The summed E-state index contributed by atoms with van der Waals surface area (Å²) < 4.78 is 0. The molecule has 15 heavy (non-hydrogen) atoms. The molecule has 0 heterocycles. The van der Waals surface area contributed by atoms with Crippen LogP contribution in [0.4, 0.5) is 0 Å². The third-order valence-electron chi connectivity index (χ3n) is 2.65. The summed E-state index contributed by atoms with van der Waals surface area (Å²) in [7, 11) is 1.75. The van der Waals surface area contributed by atoms with Gasteiger partial charge < -0.3 is 10.6 Å². The van der Waals surface area contributed by atoms with Crippen molar-refractivity contribution in [2.45, 2.75) is 39.7 Å². The van der Waals surface area contributed by atoms with Crippen LogP contribution in [-0.4, -0.2) is 31.3 Å². The lowest BCUT2D eigenvalue weighted by molar-refractivity contribution is -0.124. The van der Waals surface area contributed by atoms with Crippen molar-refractivity contribution >= 4 is 11.7 Å². The van der Waals surface area contributed by atoms with Crippen LogP contribution < -0.4 is 10.6 Å². The molecular weight excluding hydrogens is 192 g/mol. The molecule has 0 rings (SSSR count). The maximum Gasteiger partial charge on any atom is 0.222 e. The van der Waals surface area contributed by atoms with Crippen LogP contribution in [0.15, 0.2) is 0 Å². The molecule has 0 aliphatic rings. The van der Waals surface area contributed by atoms with Gasteiger partial charge in [0.1, 0.15) is 0 Å². The van der Waals surface area contributed by atoms with Crippen LogP contribution in [0.2, 0.25) is 0 Å². The Bertz CT molecular complexity index is 195. The highest BCUT2D eigenvalue weighted by Crippen LogP contribution is 1.99. The smallest absolute Gasteiger partial charge is 0.222 e. The van der Waals surface area contributed by atoms with Gasteiger partial charge in [-0.15, -0.1) is 0 Å². The van der Waals surface area contributed by atoms with Gasteiger partial charge in [-0.05, 0) is 20.4 Å². The van der Waals surface area contributed by atoms with E-state index < -0.39 is 0 Å². The number of nitrogens with one attached hydrogen (secondary N) is 2. The third-order valence-corrected chi connectivity index (χ3v) is 2.65. The second-order valence-corrected chi connectivity index (χ2v) is 3.83. The van der Waals surface area contributed by atoms with E-state index in [4.69, 9.17) is 0 Å². The van der Waals surface area contributed by atoms with Gasteiger partial charge in [0.15, 0.2) is 5.78 Å². The lowest BCUT2D eigenvalue weighted by atomic mass is 10.1. The summed E-state index contributed by atoms with van der Waals surface area (Å²) in [6.07, 6.45) is 1.22. The highest BCUT2D eigenvalue weighted by molar-refractivity contribution is 5.84. The van der Waals surface area contributed by atoms with Crippen LogP contribution >= 0.6 is 0 Å². The number of hydrogen-bond donors (Lipinski definition) is 2. The Morgan fingerprint density at radius 1 is 1.27 bits per heavy atom. The van der Waals surface area contributed by atoms with Crippen molar-refractivity contribution in [3.8, 4) is 0 Å². The van der Waals surface area contributed by atoms with Crippen LogP contribution in [0.25, 0.3) is 0 Å². The molecule has 0 bridgehead atoms. The Balaban J connectivity index is 3.70. The second kappa shape index (κ2) is 7.40. The lowest BCUT2D eigenvalue weighted by Crippen LogP contribution is -2.35. The average molecular weight is 214 g/mol. The molecule has 0 aromatic carbocycles. The van der Waals surface area contributed by atoms with E-state index in [1.807, 2.05) is 20.8 Å². The maximum absolute atomic E-state index is 11.4. The molecule has 2 unspecified atom stereocenters. The summed E-state index contributed by atoms with van der Waals surface area (Å²) in [6, 6.07) is -0.134. The van der Waals surface area contributed by atoms with Gasteiger partial charge in [-0.1, -0.05) is 13.8 Å². The van der Waals surface area contributed by atoms with Crippen LogP contribution in [-0.2, 0) is 9.59 Å². The van der Waals surface area contributed by atoms with Gasteiger partial charge in [0.25, 0.3) is 0 Å². The first-order chi connectivity index (χ1) is 7.02. The van der Waals surface area contributed by atoms with Gasteiger partial charge in [0.05, 0.1) is 6.04 Å². The van der Waals surface area contributed by atoms with E-state index in [2.05, 4.69) is 10.6 Å². The number of Topliss-reactive ketones (excluding diaryl/α,β-unsaturated/α-hetero) is 1. The van der Waals surface area contributed by atoms with Crippen LogP contribution in [0.1, 0.15) is 33.6 Å². The van der Waals surface area contributed by atoms with E-state index in [-0.39, 0.29) is 23.7 Å². The van der Waals surface area contributed by atoms with E-state index in [0.29, 0.717) is 13.0 Å². The molecule has 88 valence electrons. The average Bonchev–Trinajstić information content (AvgIpc) is 2.26. The number of amides is 1. The predicted molar refractivity (Wildman–Crippen MR) is 60.6 cm³/mol. The van der Waals surface area contributed by atoms with E-state index in [0.717, 1.165) is 6.42 Å². The van der Waals surface area contributed by atoms with Crippen LogP contribution in [0, 0.1) is 5.92 Å². The Labute approximate surface area is 91.8 Å². The minimum atomic E-state index is -0.134. The van der Waals surface area contributed by atoms with E-state index >= 15 is 0 Å². The summed E-state index contributed by atoms with van der Waals surface area (Å²) in [4.78, 5) is 22.7. The van der Waals surface area contributed by atoms with Gasteiger partial charge in [0, 0.05) is 18.9 Å². The minimum absolute atomic E-state index is 0.0295. The van der Waals surface area contributed by atoms with Crippen LogP contribution in [0.5, 0.6) is 0 Å². The number of carbonyl (C=O) groups excluding carboxylic acids is 2. The highest BCUT2D eigenvalue weighted by atomic mass is 16.2. The molecule has 4 nitrogen and oxygen atoms in total. The monoisotopic (exact) mass is 214 g/mol. The molecule has 0 saturated heterocycles. The fourth-order valence-corrected chi connectivity index (χ4v) is 1.05. The van der Waals surface area contributed by atoms with Crippen molar-refractivity contribution in [1.29, 1.82) is 0 Å². The first-order valence-electron chi connectivity index (χ1n) is 5.50. The van der Waals surface area contributed by atoms with Gasteiger partial charge in [-0.25, -0.2) is 0 Å². The Hall–Kier alpha value is -0.900. The lowest BCUT2D eigenvalue weighted by Gasteiger charge is -2.11. The SMILES string of the molecule is CCC(C)C(=O)NCCC(=O)C(C)NC. The maximum atomic E-state index is 11.4. The third kappa shape index (κ3) is 5.52. The topological polar surface area (TPSA) is 58.2 Å². The second-order valence-electron chi connectivity index (χ2n) is 3.83.